The fourth-order valence-corrected chi connectivity index (χ4v) is 10.4. The van der Waals surface area contributed by atoms with Crippen LogP contribution in [0.15, 0.2) is 89.5 Å². The second kappa shape index (κ2) is 19.2. The minimum absolute atomic E-state index is 0.100. The summed E-state index contributed by atoms with van der Waals surface area (Å²) in [4.78, 5) is 40.1. The number of piperazine rings is 1. The van der Waals surface area contributed by atoms with Gasteiger partial charge in [-0.15, -0.1) is 0 Å². The van der Waals surface area contributed by atoms with Gasteiger partial charge in [-0.1, -0.05) is 43.2 Å². The number of nitro groups is 1. The summed E-state index contributed by atoms with van der Waals surface area (Å²) in [6, 6.07) is 21.0. The normalized spacial score (nSPS) is 19.4. The van der Waals surface area contributed by atoms with E-state index in [0.29, 0.717) is 62.3 Å². The number of sulfonamides is 1. The molecule has 4 aliphatic rings. The van der Waals surface area contributed by atoms with E-state index in [1.54, 1.807) is 12.3 Å². The quantitative estimate of drug-likeness (QED) is 0.0805. The van der Waals surface area contributed by atoms with E-state index in [-0.39, 0.29) is 29.3 Å². The first-order chi connectivity index (χ1) is 31.8. The first-order valence-corrected chi connectivity index (χ1v) is 24.4. The first-order valence-electron chi connectivity index (χ1n) is 22.6. The summed E-state index contributed by atoms with van der Waals surface area (Å²) in [5, 5.41) is 16.7. The van der Waals surface area contributed by atoms with Crippen LogP contribution >= 0.6 is 11.6 Å². The lowest BCUT2D eigenvalue weighted by atomic mass is 9.84. The van der Waals surface area contributed by atoms with Crippen LogP contribution in [0.2, 0.25) is 5.02 Å². The van der Waals surface area contributed by atoms with E-state index in [9.17, 15) is 23.3 Å². The van der Waals surface area contributed by atoms with Gasteiger partial charge in [-0.3, -0.25) is 19.8 Å². The highest BCUT2D eigenvalue weighted by atomic mass is 35.5. The lowest BCUT2D eigenvalue weighted by Gasteiger charge is -2.37. The molecule has 3 N–H and O–H groups in total. The predicted molar refractivity (Wildman–Crippen MR) is 256 cm³/mol. The topological polar surface area (TPSA) is 185 Å². The molecule has 0 saturated carbocycles. The van der Waals surface area contributed by atoms with Gasteiger partial charge >= 0.3 is 0 Å². The Morgan fingerprint density at radius 1 is 0.955 bits per heavy atom. The number of hydrogen-bond donors (Lipinski definition) is 3. The van der Waals surface area contributed by atoms with E-state index < -0.39 is 31.4 Å². The Hall–Kier alpha value is -5.72. The molecular formula is C48H55ClN8O8S. The highest BCUT2D eigenvalue weighted by molar-refractivity contribution is 7.90. The molecule has 2 fully saturated rings. The Labute approximate surface area is 389 Å². The average Bonchev–Trinajstić information content (AvgIpc) is 3.60. The molecule has 1 amide bonds. The number of aromatic amines is 1. The molecule has 0 radical (unpaired) electrons. The molecule has 348 valence electrons. The van der Waals surface area contributed by atoms with Gasteiger partial charge in [-0.05, 0) is 103 Å². The first kappa shape index (κ1) is 45.4. The van der Waals surface area contributed by atoms with Crippen LogP contribution in [0.3, 0.4) is 0 Å². The summed E-state index contributed by atoms with van der Waals surface area (Å²) in [6.45, 7) is 11.0. The number of ether oxygens (including phenoxy) is 3. The van der Waals surface area contributed by atoms with Crippen LogP contribution in [0.1, 0.15) is 61.9 Å². The third kappa shape index (κ3) is 10.1. The number of halogens is 1. The van der Waals surface area contributed by atoms with E-state index >= 15 is 0 Å². The zero-order valence-corrected chi connectivity index (χ0v) is 38.8. The molecule has 3 aromatic carbocycles. The number of nitrogens with one attached hydrogen (secondary N) is 3. The Balaban J connectivity index is 0.986. The Morgan fingerprint density at radius 2 is 1.76 bits per heavy atom. The van der Waals surface area contributed by atoms with Crippen LogP contribution < -0.4 is 24.6 Å². The molecule has 2 aromatic heterocycles. The summed E-state index contributed by atoms with van der Waals surface area (Å²) >= 11 is 6.29. The largest absolute Gasteiger partial charge is 0.476 e. The monoisotopic (exact) mass is 938 g/mol. The summed E-state index contributed by atoms with van der Waals surface area (Å²) < 4.78 is 47.3. The number of pyridine rings is 1. The van der Waals surface area contributed by atoms with Crippen molar-refractivity contribution in [2.24, 2.45) is 5.41 Å². The lowest BCUT2D eigenvalue weighted by Crippen LogP contribution is -2.47. The number of carbonyl (C=O) groups is 1. The van der Waals surface area contributed by atoms with Crippen molar-refractivity contribution in [1.29, 1.82) is 0 Å². The number of anilines is 4. The number of rotatable bonds is 12. The summed E-state index contributed by atoms with van der Waals surface area (Å²) in [6.07, 6.45) is 6.41. The van der Waals surface area contributed by atoms with E-state index in [2.05, 4.69) is 50.8 Å². The van der Waals surface area contributed by atoms with Crippen LogP contribution in [0.4, 0.5) is 28.4 Å². The van der Waals surface area contributed by atoms with Crippen LogP contribution in [0, 0.1) is 15.5 Å². The van der Waals surface area contributed by atoms with Crippen LogP contribution in [0.25, 0.3) is 16.6 Å². The zero-order valence-electron chi connectivity index (χ0n) is 37.2. The molecule has 16 nitrogen and oxygen atoms in total. The van der Waals surface area contributed by atoms with Crippen molar-refractivity contribution in [3.63, 3.8) is 0 Å². The minimum Gasteiger partial charge on any atom is -0.476 e. The Bertz CT molecular complexity index is 2750. The SMILES string of the molecule is CC1(C)CCC(CN2CCN(c3ccc(C(=O)NS(=O)(=O)c4ccc(NCC5COCCO5)c([N+](=O)[O-])c4)c(N4CCCOc5nc6[nH]ccc6cc54)c3)CC2)=C(c2ccc(Cl)cc2)CC1. The number of fused-ring (bicyclic) bond motifs is 2. The summed E-state index contributed by atoms with van der Waals surface area (Å²) in [7, 11) is -4.60. The van der Waals surface area contributed by atoms with Crippen molar-refractivity contribution in [1.82, 2.24) is 19.6 Å². The average molecular weight is 940 g/mol. The van der Waals surface area contributed by atoms with Crippen molar-refractivity contribution in [3.05, 3.63) is 111 Å². The van der Waals surface area contributed by atoms with Gasteiger partial charge in [0.15, 0.2) is 0 Å². The van der Waals surface area contributed by atoms with Crippen LogP contribution in [0.5, 0.6) is 5.88 Å². The number of amides is 1. The molecule has 9 rings (SSSR count). The standard InChI is InChI=1S/C48H55ClN8O8S/c1-48(2)15-12-34(39(13-16-48)32-4-6-35(49)7-5-32)30-54-19-21-55(22-20-54)36-8-10-40(42(27-36)56-18-3-23-65-47-44(56)26-33-14-17-50-45(33)52-47)46(58)53-66(61,62)38-9-11-41(43(28-38)57(59)60)51-29-37-31-63-24-25-64-37/h4-11,14,17,26-28,37,51H,3,12-13,15-16,18-25,29-31H2,1-2H3,(H,50,52)(H,53,58). The van der Waals surface area contributed by atoms with Crippen LogP contribution in [-0.4, -0.2) is 112 Å². The van der Waals surface area contributed by atoms with E-state index in [4.69, 9.17) is 30.8 Å². The number of H-pyrrole nitrogens is 1. The molecular weight excluding hydrogens is 884 g/mol. The second-order valence-corrected chi connectivity index (χ2v) is 20.2. The minimum atomic E-state index is -4.60. The molecule has 2 saturated heterocycles. The fraction of sp³-hybridized carbons (Fsp3) is 0.417. The van der Waals surface area contributed by atoms with E-state index in [0.717, 1.165) is 80.6 Å². The van der Waals surface area contributed by atoms with Gasteiger partial charge in [0.2, 0.25) is 5.88 Å². The highest BCUT2D eigenvalue weighted by Gasteiger charge is 2.31. The number of aromatic nitrogens is 2. The molecule has 5 aromatic rings. The summed E-state index contributed by atoms with van der Waals surface area (Å²) in [5.41, 5.74) is 6.81. The lowest BCUT2D eigenvalue weighted by molar-refractivity contribution is -0.384. The zero-order chi connectivity index (χ0) is 46.0. The number of allylic oxidation sites excluding steroid dienone is 1. The maximum atomic E-state index is 14.4. The Kier molecular flexibility index (Phi) is 13.3. The predicted octanol–water partition coefficient (Wildman–Crippen LogP) is 8.17. The smallest absolute Gasteiger partial charge is 0.293 e. The molecule has 1 aliphatic carbocycles. The summed E-state index contributed by atoms with van der Waals surface area (Å²) in [5.74, 6) is -0.502. The Morgan fingerprint density at radius 3 is 2.53 bits per heavy atom. The van der Waals surface area contributed by atoms with Gasteiger partial charge in [-0.25, -0.2) is 13.1 Å². The van der Waals surface area contributed by atoms with Gasteiger partial charge in [0.25, 0.3) is 21.6 Å². The maximum Gasteiger partial charge on any atom is 0.293 e. The van der Waals surface area contributed by atoms with E-state index in [1.165, 1.54) is 28.8 Å². The van der Waals surface area contributed by atoms with Gasteiger partial charge < -0.3 is 34.3 Å². The van der Waals surface area contributed by atoms with Gasteiger partial charge in [0, 0.05) is 74.2 Å². The molecule has 1 atom stereocenters. The second-order valence-electron chi connectivity index (χ2n) is 18.1. The molecule has 3 aliphatic heterocycles. The third-order valence-corrected chi connectivity index (χ3v) is 14.7. The fourth-order valence-electron chi connectivity index (χ4n) is 9.25. The molecule has 0 bridgehead atoms. The van der Waals surface area contributed by atoms with Gasteiger partial charge in [0.05, 0.1) is 53.6 Å². The van der Waals surface area contributed by atoms with Crippen molar-refractivity contribution < 1.29 is 32.3 Å². The van der Waals surface area contributed by atoms with Crippen molar-refractivity contribution in [2.45, 2.75) is 57.0 Å². The van der Waals surface area contributed by atoms with Crippen molar-refractivity contribution >= 4 is 72.6 Å². The molecule has 0 spiro atoms. The number of carbonyl (C=O) groups excluding carboxylic acids is 1. The molecule has 1 unspecified atom stereocenters. The van der Waals surface area contributed by atoms with Crippen molar-refractivity contribution in [3.8, 4) is 5.88 Å². The van der Waals surface area contributed by atoms with Crippen LogP contribution in [-0.2, 0) is 19.5 Å². The number of benzene rings is 3. The molecule has 66 heavy (non-hydrogen) atoms. The maximum absolute atomic E-state index is 14.4. The van der Waals surface area contributed by atoms with Crippen molar-refractivity contribution in [2.75, 3.05) is 87.4 Å². The number of nitro benzene ring substituents is 1. The highest BCUT2D eigenvalue weighted by Crippen LogP contribution is 2.42. The number of hydrogen-bond acceptors (Lipinski definition) is 13. The third-order valence-electron chi connectivity index (χ3n) is 13.1. The molecule has 5 heterocycles. The van der Waals surface area contributed by atoms with E-state index in [1.807, 2.05) is 41.3 Å². The number of nitrogens with zero attached hydrogens (tertiary/aromatic N) is 5. The molecule has 18 heteroatoms. The van der Waals surface area contributed by atoms with Gasteiger partial charge in [-0.2, -0.15) is 4.98 Å². The van der Waals surface area contributed by atoms with Gasteiger partial charge in [0.1, 0.15) is 17.0 Å².